The molecule has 2 N–H and O–H groups in total. The topological polar surface area (TPSA) is 82.8 Å². The normalized spacial score (nSPS) is 9.31. The number of hydrogen-bond acceptors (Lipinski definition) is 3. The number of carbonyl (C=O) groups is 2. The van der Waals surface area contributed by atoms with Crippen molar-refractivity contribution >= 4 is 12.0 Å². The Labute approximate surface area is 73.7 Å². The monoisotopic (exact) mass is 184 g/mol. The molecule has 0 aliphatic rings. The van der Waals surface area contributed by atoms with Crippen molar-refractivity contribution in [1.29, 1.82) is 0 Å². The molecule has 13 heavy (non-hydrogen) atoms. The lowest BCUT2D eigenvalue weighted by atomic mass is 10.4. The smallest absolute Gasteiger partial charge is 0.425 e. The Morgan fingerprint density at radius 1 is 1.62 bits per heavy atom. The van der Waals surface area contributed by atoms with Gasteiger partial charge in [0.2, 0.25) is 0 Å². The van der Waals surface area contributed by atoms with Crippen molar-refractivity contribution in [2.45, 2.75) is 0 Å². The average molecular weight is 184 g/mol. The van der Waals surface area contributed by atoms with E-state index in [4.69, 9.17) is 9.52 Å². The molecule has 0 spiro atoms. The molecule has 0 bridgehead atoms. The molecule has 0 unspecified atom stereocenters. The van der Waals surface area contributed by atoms with Crippen LogP contribution in [-0.4, -0.2) is 29.2 Å². The highest BCUT2D eigenvalue weighted by Gasteiger charge is 2.13. The zero-order chi connectivity index (χ0) is 9.84. The fourth-order valence-corrected chi connectivity index (χ4v) is 0.663. The molecule has 6 nitrogen and oxygen atoms in total. The third-order valence-electron chi connectivity index (χ3n) is 1.30. The second-order valence-electron chi connectivity index (χ2n) is 2.26. The van der Waals surface area contributed by atoms with Gasteiger partial charge in [-0.15, -0.1) is 0 Å². The van der Waals surface area contributed by atoms with E-state index in [2.05, 4.69) is 5.43 Å². The fraction of sp³-hybridized carbons (Fsp3) is 0.143. The minimum atomic E-state index is -1.25. The summed E-state index contributed by atoms with van der Waals surface area (Å²) in [4.78, 5) is 21.4. The van der Waals surface area contributed by atoms with Gasteiger partial charge in [0.15, 0.2) is 5.76 Å². The summed E-state index contributed by atoms with van der Waals surface area (Å²) in [5.41, 5.74) is 2.08. The van der Waals surface area contributed by atoms with Gasteiger partial charge in [-0.2, -0.15) is 0 Å². The van der Waals surface area contributed by atoms with E-state index < -0.39 is 12.0 Å². The molecule has 0 aromatic carbocycles. The van der Waals surface area contributed by atoms with Crippen molar-refractivity contribution in [2.75, 3.05) is 7.05 Å². The maximum absolute atomic E-state index is 11.1. The van der Waals surface area contributed by atoms with Crippen LogP contribution in [-0.2, 0) is 0 Å². The van der Waals surface area contributed by atoms with E-state index in [1.807, 2.05) is 0 Å². The van der Waals surface area contributed by atoms with Crippen LogP contribution in [0.25, 0.3) is 0 Å². The lowest BCUT2D eigenvalue weighted by Gasteiger charge is -2.12. The minimum Gasteiger partial charge on any atom is -0.464 e. The molecule has 1 heterocycles. The first-order valence-electron chi connectivity index (χ1n) is 3.42. The first kappa shape index (κ1) is 9.11. The number of amides is 2. The summed E-state index contributed by atoms with van der Waals surface area (Å²) >= 11 is 0. The summed E-state index contributed by atoms with van der Waals surface area (Å²) < 4.78 is 4.74. The molecule has 6 heteroatoms. The molecule has 0 aliphatic heterocycles. The van der Waals surface area contributed by atoms with E-state index in [1.165, 1.54) is 25.4 Å². The largest absolute Gasteiger partial charge is 0.464 e. The molecular weight excluding hydrogens is 176 g/mol. The van der Waals surface area contributed by atoms with Crippen LogP contribution in [0, 0.1) is 0 Å². The van der Waals surface area contributed by atoms with Crippen molar-refractivity contribution in [3.05, 3.63) is 24.2 Å². The van der Waals surface area contributed by atoms with Crippen molar-refractivity contribution in [3.8, 4) is 0 Å². The predicted octanol–water partition coefficient (Wildman–Crippen LogP) is 0.534. The molecule has 1 aromatic heterocycles. The quantitative estimate of drug-likeness (QED) is 0.624. The van der Waals surface area contributed by atoms with Gasteiger partial charge >= 0.3 is 12.0 Å². The molecule has 1 aromatic rings. The molecule has 0 atom stereocenters. The lowest BCUT2D eigenvalue weighted by Crippen LogP contribution is -2.42. The van der Waals surface area contributed by atoms with Crippen LogP contribution in [0.5, 0.6) is 0 Å². The van der Waals surface area contributed by atoms with Gasteiger partial charge in [0.1, 0.15) is 0 Å². The highest BCUT2D eigenvalue weighted by molar-refractivity contribution is 5.92. The van der Waals surface area contributed by atoms with Gasteiger partial charge in [-0.3, -0.25) is 10.2 Å². The molecule has 1 rings (SSSR count). The van der Waals surface area contributed by atoms with Crippen LogP contribution in [0.15, 0.2) is 22.8 Å². The molecule has 0 radical (unpaired) electrons. The Kier molecular flexibility index (Phi) is 2.53. The molecule has 2 amide bonds. The highest BCUT2D eigenvalue weighted by atomic mass is 16.4. The van der Waals surface area contributed by atoms with Gasteiger partial charge in [0, 0.05) is 7.05 Å². The summed E-state index contributed by atoms with van der Waals surface area (Å²) in [6, 6.07) is 2.97. The predicted molar refractivity (Wildman–Crippen MR) is 42.0 cm³/mol. The number of carbonyl (C=O) groups excluding carboxylic acids is 1. The highest BCUT2D eigenvalue weighted by Crippen LogP contribution is 1.99. The second kappa shape index (κ2) is 3.61. The maximum atomic E-state index is 11.1. The lowest BCUT2D eigenvalue weighted by molar-refractivity contribution is 0.0775. The summed E-state index contributed by atoms with van der Waals surface area (Å²) in [5, 5.41) is 9.05. The Hall–Kier alpha value is -1.98. The number of nitrogens with one attached hydrogen (secondary N) is 1. The van der Waals surface area contributed by atoms with E-state index in [9.17, 15) is 9.59 Å². The van der Waals surface area contributed by atoms with Gasteiger partial charge < -0.3 is 9.52 Å². The Bertz CT molecular complexity index is 306. The van der Waals surface area contributed by atoms with E-state index in [0.29, 0.717) is 5.01 Å². The van der Waals surface area contributed by atoms with Crippen molar-refractivity contribution in [2.24, 2.45) is 0 Å². The molecule has 0 saturated heterocycles. The van der Waals surface area contributed by atoms with E-state index in [-0.39, 0.29) is 5.76 Å². The zero-order valence-corrected chi connectivity index (χ0v) is 6.85. The third-order valence-corrected chi connectivity index (χ3v) is 1.30. The zero-order valence-electron chi connectivity index (χ0n) is 6.85. The van der Waals surface area contributed by atoms with Crippen LogP contribution in [0.3, 0.4) is 0 Å². The van der Waals surface area contributed by atoms with Crippen LogP contribution < -0.4 is 5.43 Å². The summed E-state index contributed by atoms with van der Waals surface area (Å²) in [6.45, 7) is 0. The number of carboxylic acid groups (broad SMARTS) is 1. The molecule has 0 saturated carbocycles. The maximum Gasteiger partial charge on any atom is 0.425 e. The number of nitrogens with zero attached hydrogens (tertiary/aromatic N) is 1. The Balaban J connectivity index is 2.56. The Morgan fingerprint density at radius 2 is 2.31 bits per heavy atom. The fourth-order valence-electron chi connectivity index (χ4n) is 0.663. The van der Waals surface area contributed by atoms with Gasteiger partial charge in [0.05, 0.1) is 6.26 Å². The third kappa shape index (κ3) is 2.22. The second-order valence-corrected chi connectivity index (χ2v) is 2.26. The minimum absolute atomic E-state index is 0.0631. The van der Waals surface area contributed by atoms with Gasteiger partial charge in [-0.05, 0) is 12.1 Å². The van der Waals surface area contributed by atoms with E-state index in [1.54, 1.807) is 0 Å². The van der Waals surface area contributed by atoms with Crippen molar-refractivity contribution < 1.29 is 19.1 Å². The van der Waals surface area contributed by atoms with E-state index >= 15 is 0 Å². The standard InChI is InChI=1S/C7H8N2O4/c1-9(7(11)12)8-6(10)5-3-2-4-13-5/h2-4H,1H3,(H,8,10)(H,11,12). The summed E-state index contributed by atoms with van der Waals surface area (Å²) in [5.74, 6) is -0.539. The summed E-state index contributed by atoms with van der Waals surface area (Å²) in [6.07, 6.45) is 0.0790. The van der Waals surface area contributed by atoms with Gasteiger partial charge in [0.25, 0.3) is 0 Å². The first-order valence-corrected chi connectivity index (χ1v) is 3.42. The van der Waals surface area contributed by atoms with Crippen LogP contribution >= 0.6 is 0 Å². The van der Waals surface area contributed by atoms with Crippen molar-refractivity contribution in [3.63, 3.8) is 0 Å². The van der Waals surface area contributed by atoms with E-state index in [0.717, 1.165) is 0 Å². The number of furan rings is 1. The summed E-state index contributed by atoms with van der Waals surface area (Å²) in [7, 11) is 1.21. The molecule has 70 valence electrons. The van der Waals surface area contributed by atoms with Crippen molar-refractivity contribution in [1.82, 2.24) is 10.4 Å². The SMILES string of the molecule is CN(NC(=O)c1ccco1)C(=O)O. The number of hydrogen-bond donors (Lipinski definition) is 2. The Morgan fingerprint density at radius 3 is 2.77 bits per heavy atom. The first-order chi connectivity index (χ1) is 6.11. The molecule has 0 fully saturated rings. The van der Waals surface area contributed by atoms with Crippen LogP contribution in [0.4, 0.5) is 4.79 Å². The van der Waals surface area contributed by atoms with Crippen LogP contribution in [0.1, 0.15) is 10.6 Å². The average Bonchev–Trinajstić information content (AvgIpc) is 2.55. The molecule has 0 aliphatic carbocycles. The number of rotatable bonds is 1. The molecular formula is C7H8N2O4. The number of hydrazine groups is 1. The van der Waals surface area contributed by atoms with Gasteiger partial charge in [-0.25, -0.2) is 9.80 Å². The van der Waals surface area contributed by atoms with Gasteiger partial charge in [-0.1, -0.05) is 0 Å². The van der Waals surface area contributed by atoms with Crippen LogP contribution in [0.2, 0.25) is 0 Å².